The molecule has 4 N–H and O–H groups in total. The Bertz CT molecular complexity index is 1230. The number of nitrogens with one attached hydrogen (secondary N) is 4. The normalized spacial score (nSPS) is 21.7. The summed E-state index contributed by atoms with van der Waals surface area (Å²) in [6.45, 7) is 11.4. The Morgan fingerprint density at radius 2 is 1.76 bits per heavy atom. The summed E-state index contributed by atoms with van der Waals surface area (Å²) < 4.78 is 26.9. The monoisotopic (exact) mass is 488 g/mol. The van der Waals surface area contributed by atoms with Gasteiger partial charge in [-0.3, -0.25) is 4.72 Å². The van der Waals surface area contributed by atoms with E-state index in [-0.39, 0.29) is 6.04 Å². The molecule has 8 nitrogen and oxygen atoms in total. The van der Waals surface area contributed by atoms with E-state index in [0.717, 1.165) is 29.0 Å². The zero-order valence-corrected chi connectivity index (χ0v) is 21.3. The average Bonchev–Trinajstić information content (AvgIpc) is 3.19. The molecule has 1 aliphatic heterocycles. The third-order valence-electron chi connectivity index (χ3n) is 5.96. The summed E-state index contributed by atoms with van der Waals surface area (Å²) in [7, 11) is -3.52. The molecular weight excluding hydrogens is 456 g/mol. The van der Waals surface area contributed by atoms with Crippen molar-refractivity contribution in [2.24, 2.45) is 11.8 Å². The van der Waals surface area contributed by atoms with Crippen LogP contribution in [-0.4, -0.2) is 42.3 Å². The Hall–Kier alpha value is -2.43. The second-order valence-corrected chi connectivity index (χ2v) is 13.1. The number of nitrogens with zero attached hydrogens (tertiary/aromatic N) is 2. The van der Waals surface area contributed by atoms with Crippen LogP contribution in [0.4, 0.5) is 23.1 Å². The van der Waals surface area contributed by atoms with Crippen molar-refractivity contribution in [2.75, 3.05) is 28.4 Å². The molecule has 10 heteroatoms. The number of rotatable bonds is 6. The number of piperidine rings is 1. The molecule has 3 aromatic rings. The minimum absolute atomic E-state index is 0.284. The van der Waals surface area contributed by atoms with E-state index in [9.17, 15) is 8.42 Å². The lowest BCUT2D eigenvalue weighted by Gasteiger charge is -2.35. The summed E-state index contributed by atoms with van der Waals surface area (Å²) in [6.07, 6.45) is 0. The predicted octanol–water partition coefficient (Wildman–Crippen LogP) is 4.63. The van der Waals surface area contributed by atoms with Crippen LogP contribution >= 0.6 is 11.3 Å². The quantitative estimate of drug-likeness (QED) is 0.401. The molecule has 0 aliphatic carbocycles. The first kappa shape index (κ1) is 23.7. The maximum atomic E-state index is 12.6. The van der Waals surface area contributed by atoms with E-state index in [1.165, 1.54) is 0 Å². The first-order valence-corrected chi connectivity index (χ1v) is 13.5. The number of benzene rings is 1. The van der Waals surface area contributed by atoms with Crippen molar-refractivity contribution in [3.05, 3.63) is 35.7 Å². The summed E-state index contributed by atoms with van der Waals surface area (Å²) in [6, 6.07) is 9.49. The first-order valence-electron chi connectivity index (χ1n) is 11.2. The van der Waals surface area contributed by atoms with E-state index >= 15 is 0 Å². The predicted molar refractivity (Wildman–Crippen MR) is 138 cm³/mol. The third kappa shape index (κ3) is 5.23. The van der Waals surface area contributed by atoms with Gasteiger partial charge in [-0.15, -0.1) is 11.3 Å². The van der Waals surface area contributed by atoms with Crippen molar-refractivity contribution in [3.63, 3.8) is 0 Å². The van der Waals surface area contributed by atoms with Gasteiger partial charge in [0.1, 0.15) is 10.6 Å². The number of sulfonamides is 1. The Kier molecular flexibility index (Phi) is 6.52. The van der Waals surface area contributed by atoms with Crippen LogP contribution in [0, 0.1) is 11.8 Å². The lowest BCUT2D eigenvalue weighted by atomic mass is 9.87. The number of hydrogen-bond donors (Lipinski definition) is 4. The zero-order chi connectivity index (χ0) is 23.8. The molecule has 1 aromatic carbocycles. The molecule has 2 atom stereocenters. The molecule has 0 bridgehead atoms. The molecule has 0 saturated carbocycles. The van der Waals surface area contributed by atoms with E-state index in [4.69, 9.17) is 9.97 Å². The molecule has 0 radical (unpaired) electrons. The Morgan fingerprint density at radius 1 is 1.06 bits per heavy atom. The van der Waals surface area contributed by atoms with E-state index in [2.05, 4.69) is 34.5 Å². The molecule has 2 aromatic heterocycles. The van der Waals surface area contributed by atoms with E-state index in [1.807, 2.05) is 23.6 Å². The van der Waals surface area contributed by atoms with Crippen molar-refractivity contribution < 1.29 is 8.42 Å². The molecule has 4 rings (SSSR count). The summed E-state index contributed by atoms with van der Waals surface area (Å²) >= 11 is 1.57. The number of thiophene rings is 1. The van der Waals surface area contributed by atoms with Gasteiger partial charge in [-0.1, -0.05) is 19.9 Å². The molecule has 1 saturated heterocycles. The van der Waals surface area contributed by atoms with Gasteiger partial charge in [-0.05, 0) is 75.3 Å². The lowest BCUT2D eigenvalue weighted by molar-refractivity contribution is 0.286. The molecule has 0 spiro atoms. The zero-order valence-electron chi connectivity index (χ0n) is 19.6. The van der Waals surface area contributed by atoms with Crippen molar-refractivity contribution in [2.45, 2.75) is 45.4 Å². The van der Waals surface area contributed by atoms with Gasteiger partial charge in [0.2, 0.25) is 16.0 Å². The van der Waals surface area contributed by atoms with Gasteiger partial charge in [0.05, 0.1) is 15.8 Å². The minimum atomic E-state index is -3.52. The number of anilines is 4. The lowest BCUT2D eigenvalue weighted by Crippen LogP contribution is -2.48. The van der Waals surface area contributed by atoms with Crippen molar-refractivity contribution in [1.29, 1.82) is 0 Å². The Morgan fingerprint density at radius 3 is 2.45 bits per heavy atom. The highest BCUT2D eigenvalue weighted by atomic mass is 32.2. The Balaban J connectivity index is 1.61. The highest BCUT2D eigenvalue weighted by Crippen LogP contribution is 2.31. The van der Waals surface area contributed by atoms with Gasteiger partial charge in [0.15, 0.2) is 0 Å². The minimum Gasteiger partial charge on any atom is -0.351 e. The van der Waals surface area contributed by atoms with E-state index < -0.39 is 14.8 Å². The average molecular weight is 489 g/mol. The molecule has 33 heavy (non-hydrogen) atoms. The van der Waals surface area contributed by atoms with E-state index in [0.29, 0.717) is 29.3 Å². The molecule has 1 aliphatic rings. The highest BCUT2D eigenvalue weighted by Gasteiger charge is 2.29. The van der Waals surface area contributed by atoms with Gasteiger partial charge in [0, 0.05) is 11.7 Å². The maximum Gasteiger partial charge on any atom is 0.237 e. The van der Waals surface area contributed by atoms with Gasteiger partial charge in [0.25, 0.3) is 0 Å². The summed E-state index contributed by atoms with van der Waals surface area (Å²) in [5.41, 5.74) is 1.24. The second kappa shape index (κ2) is 9.08. The molecular formula is C23H32N6O2S2. The van der Waals surface area contributed by atoms with Gasteiger partial charge >= 0.3 is 0 Å². The van der Waals surface area contributed by atoms with Crippen LogP contribution in [0.15, 0.2) is 35.7 Å². The fraction of sp³-hybridized carbons (Fsp3) is 0.478. The molecule has 1 fully saturated rings. The largest absolute Gasteiger partial charge is 0.351 e. The smallest absolute Gasteiger partial charge is 0.237 e. The van der Waals surface area contributed by atoms with Crippen LogP contribution in [-0.2, 0) is 10.0 Å². The Labute approximate surface area is 199 Å². The van der Waals surface area contributed by atoms with Crippen molar-refractivity contribution >= 4 is 54.7 Å². The van der Waals surface area contributed by atoms with Gasteiger partial charge in [-0.2, -0.15) is 4.98 Å². The number of hydrogen-bond acceptors (Lipinski definition) is 8. The molecule has 3 heterocycles. The third-order valence-corrected chi connectivity index (χ3v) is 8.89. The van der Waals surface area contributed by atoms with Crippen LogP contribution < -0.4 is 20.7 Å². The summed E-state index contributed by atoms with van der Waals surface area (Å²) in [4.78, 5) is 10.4. The summed E-state index contributed by atoms with van der Waals surface area (Å²) in [5.74, 6) is 2.21. The van der Waals surface area contributed by atoms with Crippen LogP contribution in [0.25, 0.3) is 10.2 Å². The molecule has 2 unspecified atom stereocenters. The van der Waals surface area contributed by atoms with Crippen LogP contribution in [0.1, 0.15) is 34.6 Å². The molecule has 178 valence electrons. The SMILES string of the molecule is CC1CNCC(C)C1Nc1nc(Nc2cccc(NS(=O)(=O)C(C)(C)C)c2)c2ccsc2n1. The number of aromatic nitrogens is 2. The second-order valence-electron chi connectivity index (χ2n) is 9.74. The van der Waals surface area contributed by atoms with Crippen LogP contribution in [0.2, 0.25) is 0 Å². The first-order chi connectivity index (χ1) is 15.5. The van der Waals surface area contributed by atoms with Crippen LogP contribution in [0.3, 0.4) is 0 Å². The fourth-order valence-electron chi connectivity index (χ4n) is 3.91. The standard InChI is InChI=1S/C23H32N6O2S2/c1-14-12-24-13-15(2)19(14)26-22-27-20(18-9-10-32-21(18)28-22)25-16-7-6-8-17(11-16)29-33(30,31)23(3,4)5/h6-11,14-15,19,24,29H,12-13H2,1-5H3,(H2,25,26,27,28). The fourth-order valence-corrected chi connectivity index (χ4v) is 5.42. The molecule has 0 amide bonds. The highest BCUT2D eigenvalue weighted by molar-refractivity contribution is 7.94. The van der Waals surface area contributed by atoms with Crippen molar-refractivity contribution in [3.8, 4) is 0 Å². The topological polar surface area (TPSA) is 108 Å². The van der Waals surface area contributed by atoms with E-state index in [1.54, 1.807) is 44.2 Å². The van der Waals surface area contributed by atoms with Gasteiger partial charge in [-0.25, -0.2) is 13.4 Å². The summed E-state index contributed by atoms with van der Waals surface area (Å²) in [5, 5.41) is 13.3. The van der Waals surface area contributed by atoms with Crippen LogP contribution in [0.5, 0.6) is 0 Å². The van der Waals surface area contributed by atoms with Gasteiger partial charge < -0.3 is 16.0 Å². The van der Waals surface area contributed by atoms with Crippen molar-refractivity contribution in [1.82, 2.24) is 15.3 Å². The maximum absolute atomic E-state index is 12.6. The number of fused-ring (bicyclic) bond motifs is 1.